The van der Waals surface area contributed by atoms with Crippen molar-refractivity contribution in [2.75, 3.05) is 0 Å². The molecule has 0 aromatic rings. The van der Waals surface area contributed by atoms with Crippen molar-refractivity contribution >= 4 is 0 Å². The van der Waals surface area contributed by atoms with E-state index in [4.69, 9.17) is 0 Å². The number of allylic oxidation sites excluding steroid dienone is 8. The van der Waals surface area contributed by atoms with Gasteiger partial charge in [-0.1, -0.05) is 43.4 Å². The third-order valence-electron chi connectivity index (χ3n) is 2.17. The van der Waals surface area contributed by atoms with E-state index in [0.29, 0.717) is 0 Å². The van der Waals surface area contributed by atoms with Gasteiger partial charge in [0.15, 0.2) is 0 Å². The van der Waals surface area contributed by atoms with Crippen molar-refractivity contribution in [1.29, 1.82) is 0 Å². The molecule has 0 radical (unpaired) electrons. The highest BCUT2D eigenvalue weighted by molar-refractivity contribution is 5.47. The lowest BCUT2D eigenvalue weighted by atomic mass is 9.99. The van der Waals surface area contributed by atoms with Gasteiger partial charge in [0.2, 0.25) is 0 Å². The summed E-state index contributed by atoms with van der Waals surface area (Å²) in [6.45, 7) is 4.26. The fraction of sp³-hybridized carbons (Fsp3) is 0.385. The predicted molar refractivity (Wildman–Crippen MR) is 59.6 cm³/mol. The molecule has 0 aliphatic heterocycles. The smallest absolute Gasteiger partial charge is 0.0230 e. The fourth-order valence-electron chi connectivity index (χ4n) is 1.43. The first-order valence-electron chi connectivity index (χ1n) is 5.08. The van der Waals surface area contributed by atoms with Gasteiger partial charge in [0.1, 0.15) is 0 Å². The Bertz CT molecular complexity index is 262. The molecule has 0 saturated heterocycles. The van der Waals surface area contributed by atoms with E-state index < -0.39 is 0 Å². The van der Waals surface area contributed by atoms with Gasteiger partial charge in [-0.3, -0.25) is 0 Å². The average Bonchev–Trinajstić information content (AvgIpc) is 2.21. The molecule has 0 fully saturated rings. The number of hydrogen-bond acceptors (Lipinski definition) is 0. The van der Waals surface area contributed by atoms with E-state index in [1.165, 1.54) is 24.0 Å². The van der Waals surface area contributed by atoms with Gasteiger partial charge in [0.25, 0.3) is 0 Å². The van der Waals surface area contributed by atoms with Crippen molar-refractivity contribution in [2.24, 2.45) is 0 Å². The van der Waals surface area contributed by atoms with Gasteiger partial charge >= 0.3 is 0 Å². The summed E-state index contributed by atoms with van der Waals surface area (Å²) in [5, 5.41) is 0. The minimum Gasteiger partial charge on any atom is -0.0842 e. The molecule has 0 bridgehead atoms. The highest BCUT2D eigenvalue weighted by atomic mass is 14.0. The molecule has 0 aromatic carbocycles. The van der Waals surface area contributed by atoms with E-state index in [-0.39, 0.29) is 0 Å². The lowest BCUT2D eigenvalue weighted by Crippen LogP contribution is -1.87. The maximum Gasteiger partial charge on any atom is -0.0230 e. The van der Waals surface area contributed by atoms with Gasteiger partial charge < -0.3 is 0 Å². The van der Waals surface area contributed by atoms with Crippen molar-refractivity contribution in [2.45, 2.75) is 33.1 Å². The van der Waals surface area contributed by atoms with E-state index in [2.05, 4.69) is 50.3 Å². The van der Waals surface area contributed by atoms with E-state index in [1.54, 1.807) is 0 Å². The normalized spacial score (nSPS) is 18.0. The maximum atomic E-state index is 2.31. The zero-order valence-electron chi connectivity index (χ0n) is 8.59. The first-order chi connectivity index (χ1) is 6.38. The molecule has 0 nitrogen and oxygen atoms in total. The lowest BCUT2D eigenvalue weighted by Gasteiger charge is -2.07. The Labute approximate surface area is 81.4 Å². The summed E-state index contributed by atoms with van der Waals surface area (Å²) in [7, 11) is 0. The van der Waals surface area contributed by atoms with Crippen LogP contribution in [0.3, 0.4) is 0 Å². The molecule has 13 heavy (non-hydrogen) atoms. The molecule has 1 rings (SSSR count). The SMILES string of the molecule is C/C=C(\C=C/CC)C1=CCCC=C1. The van der Waals surface area contributed by atoms with Crippen LogP contribution in [0, 0.1) is 0 Å². The number of hydrogen-bond donors (Lipinski definition) is 0. The summed E-state index contributed by atoms with van der Waals surface area (Å²) in [6, 6.07) is 0. The molecule has 0 atom stereocenters. The van der Waals surface area contributed by atoms with Crippen LogP contribution in [0.25, 0.3) is 0 Å². The van der Waals surface area contributed by atoms with Crippen LogP contribution in [0.2, 0.25) is 0 Å². The molecular weight excluding hydrogens is 156 g/mol. The van der Waals surface area contributed by atoms with Crippen LogP contribution < -0.4 is 0 Å². The first-order valence-corrected chi connectivity index (χ1v) is 5.08. The largest absolute Gasteiger partial charge is 0.0842 e. The van der Waals surface area contributed by atoms with Gasteiger partial charge in [0.05, 0.1) is 0 Å². The van der Waals surface area contributed by atoms with Crippen molar-refractivity contribution in [3.63, 3.8) is 0 Å². The zero-order valence-corrected chi connectivity index (χ0v) is 8.59. The second kappa shape index (κ2) is 5.58. The summed E-state index contributed by atoms with van der Waals surface area (Å²) in [5.41, 5.74) is 2.72. The second-order valence-corrected chi connectivity index (χ2v) is 3.19. The molecule has 0 spiro atoms. The third-order valence-corrected chi connectivity index (χ3v) is 2.17. The van der Waals surface area contributed by atoms with Crippen LogP contribution in [0.1, 0.15) is 33.1 Å². The van der Waals surface area contributed by atoms with Crippen molar-refractivity contribution in [3.8, 4) is 0 Å². The van der Waals surface area contributed by atoms with E-state index >= 15 is 0 Å². The standard InChI is InChI=1S/C13H18/c1-3-5-9-12(4-2)13-10-7-6-8-11-13/h4-5,7,9-11H,3,6,8H2,1-2H3/b9-5-,12-4+. The molecule has 70 valence electrons. The zero-order chi connectivity index (χ0) is 9.52. The minimum atomic E-state index is 1.11. The van der Waals surface area contributed by atoms with Gasteiger partial charge in [-0.2, -0.15) is 0 Å². The Balaban J connectivity index is 2.72. The summed E-state index contributed by atoms with van der Waals surface area (Å²) in [6.07, 6.45) is 16.9. The Hall–Kier alpha value is -1.04. The number of rotatable bonds is 3. The first kappa shape index (κ1) is 10.0. The molecule has 0 unspecified atom stereocenters. The van der Waals surface area contributed by atoms with Gasteiger partial charge in [0, 0.05) is 0 Å². The lowest BCUT2D eigenvalue weighted by molar-refractivity contribution is 1.02. The van der Waals surface area contributed by atoms with Gasteiger partial charge in [-0.25, -0.2) is 0 Å². The van der Waals surface area contributed by atoms with E-state index in [9.17, 15) is 0 Å². The monoisotopic (exact) mass is 174 g/mol. The topological polar surface area (TPSA) is 0 Å². The summed E-state index contributed by atoms with van der Waals surface area (Å²) >= 11 is 0. The molecule has 0 aromatic heterocycles. The summed E-state index contributed by atoms with van der Waals surface area (Å²) in [4.78, 5) is 0. The Morgan fingerprint density at radius 3 is 2.85 bits per heavy atom. The molecule has 0 heterocycles. The van der Waals surface area contributed by atoms with E-state index in [0.717, 1.165) is 6.42 Å². The van der Waals surface area contributed by atoms with E-state index in [1.807, 2.05) is 0 Å². The second-order valence-electron chi connectivity index (χ2n) is 3.19. The van der Waals surface area contributed by atoms with Gasteiger partial charge in [-0.05, 0) is 37.3 Å². The van der Waals surface area contributed by atoms with Crippen LogP contribution in [-0.2, 0) is 0 Å². The van der Waals surface area contributed by atoms with Crippen LogP contribution in [0.15, 0.2) is 47.6 Å². The highest BCUT2D eigenvalue weighted by Gasteiger charge is 1.99. The van der Waals surface area contributed by atoms with Crippen molar-refractivity contribution in [1.82, 2.24) is 0 Å². The fourth-order valence-corrected chi connectivity index (χ4v) is 1.43. The quantitative estimate of drug-likeness (QED) is 0.563. The molecule has 0 amide bonds. The van der Waals surface area contributed by atoms with Crippen molar-refractivity contribution < 1.29 is 0 Å². The maximum absolute atomic E-state index is 2.31. The summed E-state index contributed by atoms with van der Waals surface area (Å²) < 4.78 is 0. The minimum absolute atomic E-state index is 1.11. The Morgan fingerprint density at radius 1 is 1.46 bits per heavy atom. The molecule has 1 aliphatic carbocycles. The molecule has 0 saturated carbocycles. The molecule has 0 heteroatoms. The Morgan fingerprint density at radius 2 is 2.31 bits per heavy atom. The predicted octanol–water partition coefficient (Wildman–Crippen LogP) is 4.18. The van der Waals surface area contributed by atoms with Gasteiger partial charge in [-0.15, -0.1) is 0 Å². The van der Waals surface area contributed by atoms with Crippen LogP contribution >= 0.6 is 0 Å². The van der Waals surface area contributed by atoms with Crippen LogP contribution in [0.5, 0.6) is 0 Å². The Kier molecular flexibility index (Phi) is 4.31. The van der Waals surface area contributed by atoms with Crippen LogP contribution in [-0.4, -0.2) is 0 Å². The highest BCUT2D eigenvalue weighted by Crippen LogP contribution is 2.19. The molecule has 1 aliphatic rings. The third kappa shape index (κ3) is 3.06. The molecule has 0 N–H and O–H groups in total. The average molecular weight is 174 g/mol. The summed E-state index contributed by atoms with van der Waals surface area (Å²) in [5.74, 6) is 0. The van der Waals surface area contributed by atoms with Crippen molar-refractivity contribution in [3.05, 3.63) is 47.6 Å². The molecular formula is C13H18. The van der Waals surface area contributed by atoms with Crippen LogP contribution in [0.4, 0.5) is 0 Å².